The van der Waals surface area contributed by atoms with E-state index in [1.54, 1.807) is 42.5 Å². The van der Waals surface area contributed by atoms with Gasteiger partial charge in [0.15, 0.2) is 5.78 Å². The molecule has 0 spiro atoms. The van der Waals surface area contributed by atoms with Gasteiger partial charge in [-0.05, 0) is 72.9 Å². The molecule has 0 saturated heterocycles. The Kier molecular flexibility index (Phi) is 7.64. The summed E-state index contributed by atoms with van der Waals surface area (Å²) in [6.45, 7) is 10.1. The highest BCUT2D eigenvalue weighted by Crippen LogP contribution is 2.37. The van der Waals surface area contributed by atoms with Gasteiger partial charge in [-0.3, -0.25) is 4.79 Å². The number of carbonyl (C=O) groups is 1. The Balaban J connectivity index is 2.51. The van der Waals surface area contributed by atoms with E-state index in [1.807, 2.05) is 13.0 Å². The van der Waals surface area contributed by atoms with Crippen LogP contribution in [0.2, 0.25) is 0 Å². The topological polar surface area (TPSA) is 72.5 Å². The van der Waals surface area contributed by atoms with Crippen LogP contribution in [-0.4, -0.2) is 17.5 Å². The van der Waals surface area contributed by atoms with Crippen molar-refractivity contribution in [2.24, 2.45) is 0 Å². The number of carbonyl (C=O) groups excluding carboxylic acids is 1. The molecule has 0 radical (unpaired) electrons. The molecule has 0 heterocycles. The minimum atomic E-state index is -0.180. The SMILES string of the molecule is C=CCc1cc(CC=C)c(OCCC)c(C=CC(=O)c2ccc(N)cc2)c1O. The lowest BCUT2D eigenvalue weighted by molar-refractivity contribution is 0.104. The maximum absolute atomic E-state index is 12.5. The lowest BCUT2D eigenvalue weighted by Crippen LogP contribution is -2.03. The van der Waals surface area contributed by atoms with E-state index in [0.29, 0.717) is 42.0 Å². The molecule has 3 N–H and O–H groups in total. The highest BCUT2D eigenvalue weighted by Gasteiger charge is 2.17. The van der Waals surface area contributed by atoms with Gasteiger partial charge in [-0.1, -0.05) is 19.1 Å². The Morgan fingerprint density at radius 2 is 1.79 bits per heavy atom. The van der Waals surface area contributed by atoms with Crippen LogP contribution in [0.4, 0.5) is 5.69 Å². The average Bonchev–Trinajstić information content (AvgIpc) is 2.69. The van der Waals surface area contributed by atoms with Gasteiger partial charge in [-0.25, -0.2) is 0 Å². The van der Waals surface area contributed by atoms with E-state index in [2.05, 4.69) is 13.2 Å². The number of allylic oxidation sites excluding steroid dienone is 3. The van der Waals surface area contributed by atoms with Crippen LogP contribution >= 0.6 is 0 Å². The zero-order chi connectivity index (χ0) is 20.5. The van der Waals surface area contributed by atoms with Gasteiger partial charge in [-0.15, -0.1) is 13.2 Å². The maximum atomic E-state index is 12.5. The van der Waals surface area contributed by atoms with Crippen LogP contribution in [0.5, 0.6) is 11.5 Å². The highest BCUT2D eigenvalue weighted by atomic mass is 16.5. The zero-order valence-electron chi connectivity index (χ0n) is 16.3. The molecule has 0 aliphatic heterocycles. The van der Waals surface area contributed by atoms with Crippen molar-refractivity contribution in [1.29, 1.82) is 0 Å². The minimum absolute atomic E-state index is 0.0974. The lowest BCUT2D eigenvalue weighted by Gasteiger charge is -2.17. The second kappa shape index (κ2) is 10.2. The number of hydrogen-bond donors (Lipinski definition) is 2. The first-order chi connectivity index (χ1) is 13.5. The van der Waals surface area contributed by atoms with Crippen LogP contribution in [0.3, 0.4) is 0 Å². The number of benzene rings is 2. The summed E-state index contributed by atoms with van der Waals surface area (Å²) >= 11 is 0. The summed E-state index contributed by atoms with van der Waals surface area (Å²) in [5.74, 6) is 0.494. The van der Waals surface area contributed by atoms with Crippen molar-refractivity contribution in [2.45, 2.75) is 26.2 Å². The summed E-state index contributed by atoms with van der Waals surface area (Å²) in [6.07, 6.45) is 8.50. The molecule has 0 aliphatic rings. The molecule has 0 aliphatic carbocycles. The molecule has 0 atom stereocenters. The van der Waals surface area contributed by atoms with Crippen LogP contribution in [0, 0.1) is 0 Å². The zero-order valence-corrected chi connectivity index (χ0v) is 16.3. The molecule has 0 unspecified atom stereocenters. The van der Waals surface area contributed by atoms with Crippen LogP contribution in [0.1, 0.15) is 40.4 Å². The summed E-state index contributed by atoms with van der Waals surface area (Å²) in [4.78, 5) is 12.5. The fourth-order valence-electron chi connectivity index (χ4n) is 2.85. The third-order valence-electron chi connectivity index (χ3n) is 4.22. The fourth-order valence-corrected chi connectivity index (χ4v) is 2.85. The van der Waals surface area contributed by atoms with Gasteiger partial charge in [0.2, 0.25) is 0 Å². The van der Waals surface area contributed by atoms with Crippen molar-refractivity contribution in [3.8, 4) is 11.5 Å². The van der Waals surface area contributed by atoms with E-state index in [-0.39, 0.29) is 11.5 Å². The standard InChI is InChI=1S/C24H27NO3/c1-4-7-18-16-19(8-5-2)24(28-15-6-3)21(23(18)27)13-14-22(26)17-9-11-20(25)12-10-17/h4-5,9-14,16,27H,1-2,6-8,15,25H2,3H3. The van der Waals surface area contributed by atoms with Gasteiger partial charge < -0.3 is 15.6 Å². The Morgan fingerprint density at radius 1 is 1.14 bits per heavy atom. The van der Waals surface area contributed by atoms with Gasteiger partial charge in [0.05, 0.1) is 12.2 Å². The van der Waals surface area contributed by atoms with Crippen molar-refractivity contribution < 1.29 is 14.6 Å². The number of aromatic hydroxyl groups is 1. The van der Waals surface area contributed by atoms with Gasteiger partial charge in [-0.2, -0.15) is 0 Å². The summed E-state index contributed by atoms with van der Waals surface area (Å²) in [7, 11) is 0. The predicted octanol–water partition coefficient (Wildman–Crippen LogP) is 5.12. The number of ketones is 1. The van der Waals surface area contributed by atoms with Crippen molar-refractivity contribution >= 4 is 17.5 Å². The van der Waals surface area contributed by atoms with Crippen molar-refractivity contribution in [2.75, 3.05) is 12.3 Å². The Hall–Kier alpha value is -3.27. The molecule has 2 aromatic carbocycles. The van der Waals surface area contributed by atoms with E-state index in [4.69, 9.17) is 10.5 Å². The quantitative estimate of drug-likeness (QED) is 0.261. The van der Waals surface area contributed by atoms with Gasteiger partial charge in [0.25, 0.3) is 0 Å². The molecule has 0 saturated carbocycles. The molecule has 4 nitrogen and oxygen atoms in total. The number of hydrogen-bond acceptors (Lipinski definition) is 4. The van der Waals surface area contributed by atoms with Gasteiger partial charge in [0, 0.05) is 11.3 Å². The molecule has 2 aromatic rings. The number of nitrogen functional groups attached to an aromatic ring is 1. The minimum Gasteiger partial charge on any atom is -0.507 e. The lowest BCUT2D eigenvalue weighted by atomic mass is 9.97. The monoisotopic (exact) mass is 377 g/mol. The van der Waals surface area contributed by atoms with Crippen molar-refractivity contribution in [3.05, 3.63) is 84.0 Å². The van der Waals surface area contributed by atoms with Crippen molar-refractivity contribution in [1.82, 2.24) is 0 Å². The van der Waals surface area contributed by atoms with Crippen LogP contribution < -0.4 is 10.5 Å². The van der Waals surface area contributed by atoms with E-state index in [0.717, 1.165) is 17.5 Å². The van der Waals surface area contributed by atoms with E-state index >= 15 is 0 Å². The molecule has 4 heteroatoms. The predicted molar refractivity (Wildman–Crippen MR) is 116 cm³/mol. The summed E-state index contributed by atoms with van der Waals surface area (Å²) < 4.78 is 5.93. The molecule has 146 valence electrons. The molecule has 0 amide bonds. The molecule has 0 bridgehead atoms. The number of phenols is 1. The normalized spacial score (nSPS) is 10.8. The molecular weight excluding hydrogens is 350 g/mol. The first-order valence-electron chi connectivity index (χ1n) is 9.32. The van der Waals surface area contributed by atoms with Gasteiger partial charge >= 0.3 is 0 Å². The first kappa shape index (κ1) is 21.0. The fraction of sp³-hybridized carbons (Fsp3) is 0.208. The van der Waals surface area contributed by atoms with E-state index < -0.39 is 0 Å². The number of anilines is 1. The van der Waals surface area contributed by atoms with Crippen LogP contribution in [0.25, 0.3) is 6.08 Å². The molecule has 0 fully saturated rings. The largest absolute Gasteiger partial charge is 0.507 e. The Bertz CT molecular complexity index is 880. The second-order valence-electron chi connectivity index (χ2n) is 6.44. The molecule has 0 aromatic heterocycles. The number of rotatable bonds is 10. The number of ether oxygens (including phenoxy) is 1. The van der Waals surface area contributed by atoms with Crippen molar-refractivity contribution in [3.63, 3.8) is 0 Å². The molecule has 2 rings (SSSR count). The average molecular weight is 377 g/mol. The summed E-state index contributed by atoms with van der Waals surface area (Å²) in [5, 5.41) is 10.8. The smallest absolute Gasteiger partial charge is 0.185 e. The van der Waals surface area contributed by atoms with E-state index in [9.17, 15) is 9.90 Å². The Labute approximate surface area is 166 Å². The Morgan fingerprint density at radius 3 is 2.39 bits per heavy atom. The van der Waals surface area contributed by atoms with Gasteiger partial charge in [0.1, 0.15) is 11.5 Å². The molecule has 28 heavy (non-hydrogen) atoms. The third-order valence-corrected chi connectivity index (χ3v) is 4.22. The number of nitrogens with two attached hydrogens (primary N) is 1. The second-order valence-corrected chi connectivity index (χ2v) is 6.44. The summed E-state index contributed by atoms with van der Waals surface area (Å²) in [5.41, 5.74) is 8.93. The third kappa shape index (κ3) is 5.13. The maximum Gasteiger partial charge on any atom is 0.185 e. The van der Waals surface area contributed by atoms with Crippen LogP contribution in [0.15, 0.2) is 61.7 Å². The van der Waals surface area contributed by atoms with E-state index in [1.165, 1.54) is 6.08 Å². The first-order valence-corrected chi connectivity index (χ1v) is 9.32. The highest BCUT2D eigenvalue weighted by molar-refractivity contribution is 6.07. The molecular formula is C24H27NO3. The number of phenolic OH excluding ortho intramolecular Hbond substituents is 1. The summed E-state index contributed by atoms with van der Waals surface area (Å²) in [6, 6.07) is 8.62. The van der Waals surface area contributed by atoms with Crippen LogP contribution in [-0.2, 0) is 12.8 Å².